The Morgan fingerprint density at radius 3 is 2.69 bits per heavy atom. The average Bonchev–Trinajstić information content (AvgIpc) is 3.28. The van der Waals surface area contributed by atoms with Crippen LogP contribution in [0, 0.1) is 5.92 Å². The SMILES string of the molecule is COc1cc(N2CCOCC2)ccc1NC(=O)c1ccc(CC2CCNC2)cc1. The van der Waals surface area contributed by atoms with Crippen molar-refractivity contribution in [2.75, 3.05) is 56.7 Å². The molecule has 0 aliphatic carbocycles. The first-order chi connectivity index (χ1) is 14.2. The van der Waals surface area contributed by atoms with Gasteiger partial charge in [0.25, 0.3) is 5.91 Å². The normalized spacial score (nSPS) is 19.2. The fourth-order valence-corrected chi connectivity index (χ4v) is 4.01. The van der Waals surface area contributed by atoms with Gasteiger partial charge in [-0.2, -0.15) is 0 Å². The van der Waals surface area contributed by atoms with E-state index in [1.54, 1.807) is 7.11 Å². The highest BCUT2D eigenvalue weighted by Crippen LogP contribution is 2.30. The second kappa shape index (κ2) is 9.29. The third kappa shape index (κ3) is 4.89. The molecule has 1 unspecified atom stereocenters. The molecule has 0 radical (unpaired) electrons. The number of carbonyl (C=O) groups excluding carboxylic acids is 1. The van der Waals surface area contributed by atoms with Gasteiger partial charge in [-0.3, -0.25) is 4.79 Å². The van der Waals surface area contributed by atoms with E-state index in [0.717, 1.165) is 51.5 Å². The molecule has 2 saturated heterocycles. The molecule has 29 heavy (non-hydrogen) atoms. The second-order valence-corrected chi connectivity index (χ2v) is 7.70. The maximum absolute atomic E-state index is 12.7. The van der Waals surface area contributed by atoms with E-state index < -0.39 is 0 Å². The van der Waals surface area contributed by atoms with Gasteiger partial charge in [-0.1, -0.05) is 12.1 Å². The highest BCUT2D eigenvalue weighted by atomic mass is 16.5. The number of benzene rings is 2. The zero-order chi connectivity index (χ0) is 20.1. The van der Waals surface area contributed by atoms with Crippen LogP contribution in [0.25, 0.3) is 0 Å². The van der Waals surface area contributed by atoms with Gasteiger partial charge < -0.3 is 25.0 Å². The first-order valence-electron chi connectivity index (χ1n) is 10.3. The highest BCUT2D eigenvalue weighted by molar-refractivity contribution is 6.05. The van der Waals surface area contributed by atoms with Crippen LogP contribution in [0.3, 0.4) is 0 Å². The zero-order valence-electron chi connectivity index (χ0n) is 16.9. The summed E-state index contributed by atoms with van der Waals surface area (Å²) in [6, 6.07) is 13.8. The molecule has 2 fully saturated rings. The number of morpholine rings is 1. The molecule has 4 rings (SSSR count). The monoisotopic (exact) mass is 395 g/mol. The lowest BCUT2D eigenvalue weighted by Crippen LogP contribution is -2.36. The van der Waals surface area contributed by atoms with Crippen molar-refractivity contribution >= 4 is 17.3 Å². The minimum Gasteiger partial charge on any atom is -0.494 e. The number of methoxy groups -OCH3 is 1. The Morgan fingerprint density at radius 1 is 1.21 bits per heavy atom. The Morgan fingerprint density at radius 2 is 2.00 bits per heavy atom. The molecule has 0 spiro atoms. The van der Waals surface area contributed by atoms with Crippen molar-refractivity contribution in [3.05, 3.63) is 53.6 Å². The minimum atomic E-state index is -0.128. The Labute approximate surface area is 172 Å². The summed E-state index contributed by atoms with van der Waals surface area (Å²) in [6.45, 7) is 5.37. The lowest BCUT2D eigenvalue weighted by molar-refractivity contribution is 0.102. The van der Waals surface area contributed by atoms with Crippen LogP contribution >= 0.6 is 0 Å². The first-order valence-corrected chi connectivity index (χ1v) is 10.3. The predicted octanol–water partition coefficient (Wildman–Crippen LogP) is 2.94. The summed E-state index contributed by atoms with van der Waals surface area (Å²) in [4.78, 5) is 15.0. The number of ether oxygens (including phenoxy) is 2. The third-order valence-electron chi connectivity index (χ3n) is 5.71. The van der Waals surface area contributed by atoms with E-state index in [1.807, 2.05) is 30.3 Å². The zero-order valence-corrected chi connectivity index (χ0v) is 16.9. The van der Waals surface area contributed by atoms with Gasteiger partial charge in [-0.15, -0.1) is 0 Å². The fourth-order valence-electron chi connectivity index (χ4n) is 4.01. The van der Waals surface area contributed by atoms with Crippen molar-refractivity contribution in [3.63, 3.8) is 0 Å². The van der Waals surface area contributed by atoms with Crippen molar-refractivity contribution in [2.24, 2.45) is 5.92 Å². The Balaban J connectivity index is 1.41. The molecule has 2 aromatic carbocycles. The van der Waals surface area contributed by atoms with Crippen molar-refractivity contribution < 1.29 is 14.3 Å². The van der Waals surface area contributed by atoms with E-state index in [4.69, 9.17) is 9.47 Å². The van der Waals surface area contributed by atoms with E-state index in [-0.39, 0.29) is 5.91 Å². The van der Waals surface area contributed by atoms with Gasteiger partial charge in [0.05, 0.1) is 26.0 Å². The van der Waals surface area contributed by atoms with Gasteiger partial charge in [-0.25, -0.2) is 0 Å². The second-order valence-electron chi connectivity index (χ2n) is 7.70. The summed E-state index contributed by atoms with van der Waals surface area (Å²) in [7, 11) is 1.63. The molecule has 2 N–H and O–H groups in total. The van der Waals surface area contributed by atoms with Crippen LogP contribution in [0.15, 0.2) is 42.5 Å². The number of hydrogen-bond donors (Lipinski definition) is 2. The largest absolute Gasteiger partial charge is 0.494 e. The molecule has 2 aromatic rings. The molecular formula is C23H29N3O3. The molecule has 6 heteroatoms. The van der Waals surface area contributed by atoms with Crippen molar-refractivity contribution in [1.29, 1.82) is 0 Å². The molecule has 2 aliphatic rings. The van der Waals surface area contributed by atoms with Gasteiger partial charge in [0.2, 0.25) is 0 Å². The highest BCUT2D eigenvalue weighted by Gasteiger charge is 2.17. The van der Waals surface area contributed by atoms with E-state index in [0.29, 0.717) is 22.9 Å². The number of nitrogens with one attached hydrogen (secondary N) is 2. The summed E-state index contributed by atoms with van der Waals surface area (Å²) < 4.78 is 10.9. The predicted molar refractivity (Wildman–Crippen MR) is 115 cm³/mol. The van der Waals surface area contributed by atoms with Gasteiger partial charge >= 0.3 is 0 Å². The molecular weight excluding hydrogens is 366 g/mol. The summed E-state index contributed by atoms with van der Waals surface area (Å²) in [5.74, 6) is 1.23. The van der Waals surface area contributed by atoms with Crippen LogP contribution < -0.4 is 20.3 Å². The maximum Gasteiger partial charge on any atom is 0.255 e. The Kier molecular flexibility index (Phi) is 6.32. The number of carbonyl (C=O) groups is 1. The lowest BCUT2D eigenvalue weighted by atomic mass is 9.98. The number of nitrogens with zero attached hydrogens (tertiary/aromatic N) is 1. The van der Waals surface area contributed by atoms with Gasteiger partial charge in [-0.05, 0) is 61.7 Å². The van der Waals surface area contributed by atoms with E-state index in [1.165, 1.54) is 12.0 Å². The summed E-state index contributed by atoms with van der Waals surface area (Å²) in [5.41, 5.74) is 3.69. The van der Waals surface area contributed by atoms with Crippen LogP contribution in [0.1, 0.15) is 22.3 Å². The van der Waals surface area contributed by atoms with Crippen molar-refractivity contribution in [3.8, 4) is 5.75 Å². The van der Waals surface area contributed by atoms with Crippen LogP contribution in [0.5, 0.6) is 5.75 Å². The minimum absolute atomic E-state index is 0.128. The maximum atomic E-state index is 12.7. The van der Waals surface area contributed by atoms with E-state index >= 15 is 0 Å². The van der Waals surface area contributed by atoms with E-state index in [9.17, 15) is 4.79 Å². The van der Waals surface area contributed by atoms with Gasteiger partial charge in [0.1, 0.15) is 5.75 Å². The summed E-state index contributed by atoms with van der Waals surface area (Å²) in [6.07, 6.45) is 2.29. The topological polar surface area (TPSA) is 62.8 Å². The number of rotatable bonds is 6. The molecule has 6 nitrogen and oxygen atoms in total. The van der Waals surface area contributed by atoms with Crippen LogP contribution in [-0.2, 0) is 11.2 Å². The summed E-state index contributed by atoms with van der Waals surface area (Å²) in [5, 5.41) is 6.38. The molecule has 2 aliphatic heterocycles. The molecule has 1 atom stereocenters. The molecule has 0 saturated carbocycles. The Bertz CT molecular complexity index is 826. The van der Waals surface area contributed by atoms with Crippen molar-refractivity contribution in [1.82, 2.24) is 5.32 Å². The number of anilines is 2. The standard InChI is InChI=1S/C23H29N3O3/c1-28-22-15-20(26-10-12-29-13-11-26)6-7-21(22)25-23(27)19-4-2-17(3-5-19)14-18-8-9-24-16-18/h2-7,15,18,24H,8-14,16H2,1H3,(H,25,27). The number of amides is 1. The average molecular weight is 396 g/mol. The fraction of sp³-hybridized carbons (Fsp3) is 0.435. The Hall–Kier alpha value is -2.57. The molecule has 2 heterocycles. The summed E-state index contributed by atoms with van der Waals surface area (Å²) >= 11 is 0. The van der Waals surface area contributed by atoms with Gasteiger partial charge in [0, 0.05) is 30.4 Å². The van der Waals surface area contributed by atoms with Crippen LogP contribution in [0.2, 0.25) is 0 Å². The molecule has 154 valence electrons. The van der Waals surface area contributed by atoms with Crippen LogP contribution in [0.4, 0.5) is 11.4 Å². The first kappa shape index (κ1) is 19.7. The molecule has 1 amide bonds. The third-order valence-corrected chi connectivity index (χ3v) is 5.71. The smallest absolute Gasteiger partial charge is 0.255 e. The van der Waals surface area contributed by atoms with Crippen LogP contribution in [-0.4, -0.2) is 52.4 Å². The van der Waals surface area contributed by atoms with Gasteiger partial charge in [0.15, 0.2) is 0 Å². The van der Waals surface area contributed by atoms with E-state index in [2.05, 4.69) is 27.7 Å². The lowest BCUT2D eigenvalue weighted by Gasteiger charge is -2.29. The number of hydrogen-bond acceptors (Lipinski definition) is 5. The molecule has 0 aromatic heterocycles. The van der Waals surface area contributed by atoms with Crippen molar-refractivity contribution in [2.45, 2.75) is 12.8 Å². The molecule has 0 bridgehead atoms. The quantitative estimate of drug-likeness (QED) is 0.788.